The summed E-state index contributed by atoms with van der Waals surface area (Å²) < 4.78 is 3.90. The number of piperidine rings is 1. The number of nitrogens with zero attached hydrogens (tertiary/aromatic N) is 15. The molecule has 12 rings (SSSR count). The zero-order valence-corrected chi connectivity index (χ0v) is 39.9. The Morgan fingerprint density at radius 1 is 0.493 bits per heavy atom. The first-order valence-corrected chi connectivity index (χ1v) is 24.5. The second kappa shape index (κ2) is 19.9. The predicted octanol–water partition coefficient (Wildman–Crippen LogP) is 8.83. The Bertz CT molecular complexity index is 3650. The van der Waals surface area contributed by atoms with E-state index < -0.39 is 0 Å². The van der Waals surface area contributed by atoms with Crippen LogP contribution < -0.4 is 10.2 Å². The van der Waals surface area contributed by atoms with E-state index in [0.717, 1.165) is 138 Å². The van der Waals surface area contributed by atoms with Crippen LogP contribution in [-0.2, 0) is 13.1 Å². The molecule has 10 aromatic rings. The fraction of sp³-hybridized carbons (Fsp3) is 0.193. The van der Waals surface area contributed by atoms with Crippen LogP contribution in [0.25, 0.3) is 67.5 Å². The lowest BCUT2D eigenvalue weighted by molar-refractivity contribution is 0.211. The second-order valence-corrected chi connectivity index (χ2v) is 18.4. The summed E-state index contributed by atoms with van der Waals surface area (Å²) in [5, 5.41) is 31.6. The monoisotopic (exact) mass is 956 g/mol. The van der Waals surface area contributed by atoms with Gasteiger partial charge in [0, 0.05) is 111 Å². The standard InChI is InChI=1S/C57H48N16/c58-35-49-60-26-21-48(65-49)64-46-23-29-69(30-24-46)37-39-10-14-43(15-11-39)54-56(44-5-2-1-3-6-44)73-57(68-54)47(20-28-63-73)41-16-18-45(19-17-41)55-53(67-52-7-4-25-62-72(52)55)42-12-8-40(9-13-42)38-70-31-33-71(34-32-70)51-22-27-61-50(36-59)66-51/h1-22,25-28,46H,23-24,29-34,37-38H2,(H,60,64,65). The number of likely N-dealkylation sites (tertiary alicyclic amines) is 1. The molecule has 0 atom stereocenters. The first kappa shape index (κ1) is 45.0. The number of fused-ring (bicyclic) bond motifs is 2. The molecule has 2 aliphatic heterocycles. The molecule has 16 nitrogen and oxygen atoms in total. The van der Waals surface area contributed by atoms with Gasteiger partial charge in [0.25, 0.3) is 0 Å². The molecule has 0 bridgehead atoms. The van der Waals surface area contributed by atoms with Crippen LogP contribution in [0.4, 0.5) is 11.6 Å². The minimum Gasteiger partial charge on any atom is -0.367 e. The number of aromatic nitrogens is 10. The number of benzene rings is 4. The highest BCUT2D eigenvalue weighted by Gasteiger charge is 2.24. The summed E-state index contributed by atoms with van der Waals surface area (Å²) in [6, 6.07) is 50.5. The van der Waals surface area contributed by atoms with Crippen molar-refractivity contribution in [3.8, 4) is 68.3 Å². The first-order valence-electron chi connectivity index (χ1n) is 24.5. The molecule has 4 aromatic carbocycles. The Kier molecular flexibility index (Phi) is 12.2. The van der Waals surface area contributed by atoms with Crippen molar-refractivity contribution in [3.63, 3.8) is 0 Å². The summed E-state index contributed by atoms with van der Waals surface area (Å²) in [4.78, 5) is 34.3. The Hall–Kier alpha value is -9.22. The summed E-state index contributed by atoms with van der Waals surface area (Å²) in [6.07, 6.45) is 8.90. The van der Waals surface area contributed by atoms with Crippen molar-refractivity contribution in [3.05, 3.63) is 181 Å². The molecule has 6 aromatic heterocycles. The lowest BCUT2D eigenvalue weighted by Gasteiger charge is -2.35. The number of imidazole rings is 2. The Balaban J connectivity index is 0.776. The van der Waals surface area contributed by atoms with Crippen molar-refractivity contribution in [2.45, 2.75) is 32.0 Å². The number of rotatable bonds is 12. The largest absolute Gasteiger partial charge is 0.367 e. The highest BCUT2D eigenvalue weighted by molar-refractivity contribution is 5.88. The Morgan fingerprint density at radius 3 is 1.78 bits per heavy atom. The zero-order chi connectivity index (χ0) is 49.1. The number of nitrogens with one attached hydrogen (secondary N) is 1. The summed E-state index contributed by atoms with van der Waals surface area (Å²) >= 11 is 0. The van der Waals surface area contributed by atoms with Gasteiger partial charge < -0.3 is 10.2 Å². The van der Waals surface area contributed by atoms with Gasteiger partial charge in [0.2, 0.25) is 11.6 Å². The molecule has 2 fully saturated rings. The average molecular weight is 957 g/mol. The van der Waals surface area contributed by atoms with Crippen molar-refractivity contribution < 1.29 is 0 Å². The molecule has 8 heterocycles. The van der Waals surface area contributed by atoms with Crippen LogP contribution >= 0.6 is 0 Å². The van der Waals surface area contributed by atoms with E-state index in [2.05, 4.69) is 137 Å². The highest BCUT2D eigenvalue weighted by Crippen LogP contribution is 2.38. The number of piperazine rings is 1. The van der Waals surface area contributed by atoms with Crippen molar-refractivity contribution in [2.24, 2.45) is 0 Å². The molecular weight excluding hydrogens is 909 g/mol. The van der Waals surface area contributed by atoms with E-state index >= 15 is 0 Å². The number of hydrogen-bond donors (Lipinski definition) is 1. The second-order valence-electron chi connectivity index (χ2n) is 18.4. The summed E-state index contributed by atoms with van der Waals surface area (Å²) in [5.41, 5.74) is 13.7. The van der Waals surface area contributed by atoms with E-state index in [-0.39, 0.29) is 11.6 Å². The molecule has 16 heteroatoms. The van der Waals surface area contributed by atoms with Crippen LogP contribution in [0.15, 0.2) is 158 Å². The van der Waals surface area contributed by atoms with Gasteiger partial charge in [-0.2, -0.15) is 20.7 Å². The SMILES string of the molecule is N#Cc1nccc(NC2CCN(Cc3ccc(-c4nc5c(-c6ccc(-c7c(-c8ccc(CN9CCN(c%10ccnc(C#N)n%10)CC9)cc8)nc8cccnn78)cc6)ccnn5c4-c4ccccc4)cc3)CC2)n1. The van der Waals surface area contributed by atoms with E-state index in [1.165, 1.54) is 11.1 Å². The number of nitriles is 2. The third-order valence-electron chi connectivity index (χ3n) is 13.8. The first-order chi connectivity index (χ1) is 36.0. The van der Waals surface area contributed by atoms with Crippen molar-refractivity contribution in [2.75, 3.05) is 49.5 Å². The molecule has 2 saturated heterocycles. The molecule has 0 unspecified atom stereocenters. The van der Waals surface area contributed by atoms with E-state index in [1.807, 2.05) is 63.8 Å². The molecule has 0 radical (unpaired) electrons. The van der Waals surface area contributed by atoms with Gasteiger partial charge in [-0.3, -0.25) is 9.80 Å². The number of hydrogen-bond acceptors (Lipinski definition) is 14. The maximum atomic E-state index is 9.25. The summed E-state index contributed by atoms with van der Waals surface area (Å²) in [6.45, 7) is 7.05. The maximum absolute atomic E-state index is 9.25. The van der Waals surface area contributed by atoms with Gasteiger partial charge in [-0.1, -0.05) is 103 Å². The molecule has 1 N–H and O–H groups in total. The van der Waals surface area contributed by atoms with Gasteiger partial charge in [-0.25, -0.2) is 38.9 Å². The van der Waals surface area contributed by atoms with Gasteiger partial charge in [0.15, 0.2) is 11.3 Å². The van der Waals surface area contributed by atoms with E-state index in [9.17, 15) is 10.5 Å². The third kappa shape index (κ3) is 9.32. The molecular formula is C57H48N16. The smallest absolute Gasteiger partial charge is 0.234 e. The van der Waals surface area contributed by atoms with Gasteiger partial charge >= 0.3 is 0 Å². The van der Waals surface area contributed by atoms with Gasteiger partial charge in [-0.05, 0) is 59.9 Å². The fourth-order valence-corrected chi connectivity index (χ4v) is 10.1. The van der Waals surface area contributed by atoms with Gasteiger partial charge in [0.05, 0.1) is 11.4 Å². The molecule has 0 saturated carbocycles. The minimum absolute atomic E-state index is 0.178. The minimum atomic E-state index is 0.178. The lowest BCUT2D eigenvalue weighted by atomic mass is 10.0. The van der Waals surface area contributed by atoms with Crippen LogP contribution in [0.1, 0.15) is 35.6 Å². The predicted molar refractivity (Wildman–Crippen MR) is 280 cm³/mol. The van der Waals surface area contributed by atoms with E-state index in [1.54, 1.807) is 18.6 Å². The number of anilines is 2. The van der Waals surface area contributed by atoms with Crippen LogP contribution in [0.2, 0.25) is 0 Å². The van der Waals surface area contributed by atoms with Crippen LogP contribution in [0.3, 0.4) is 0 Å². The molecule has 2 aliphatic rings. The third-order valence-corrected chi connectivity index (χ3v) is 13.8. The quantitative estimate of drug-likeness (QED) is 0.123. The van der Waals surface area contributed by atoms with Crippen molar-refractivity contribution in [1.29, 1.82) is 10.5 Å². The maximum Gasteiger partial charge on any atom is 0.234 e. The Labute approximate surface area is 421 Å². The molecule has 0 amide bonds. The fourth-order valence-electron chi connectivity index (χ4n) is 10.1. The topological polar surface area (TPSA) is 181 Å². The van der Waals surface area contributed by atoms with Gasteiger partial charge in [0.1, 0.15) is 35.2 Å². The molecule has 356 valence electrons. The van der Waals surface area contributed by atoms with Crippen LogP contribution in [-0.4, -0.2) is 104 Å². The van der Waals surface area contributed by atoms with Crippen molar-refractivity contribution >= 4 is 22.9 Å². The Morgan fingerprint density at radius 2 is 1.08 bits per heavy atom. The molecule has 0 aliphatic carbocycles. The van der Waals surface area contributed by atoms with E-state index in [0.29, 0.717) is 11.9 Å². The average Bonchev–Trinajstić information content (AvgIpc) is 4.05. The zero-order valence-electron chi connectivity index (χ0n) is 39.9. The summed E-state index contributed by atoms with van der Waals surface area (Å²) in [5.74, 6) is 1.87. The van der Waals surface area contributed by atoms with E-state index in [4.69, 9.17) is 20.2 Å². The highest BCUT2D eigenvalue weighted by atomic mass is 15.3. The normalized spacial score (nSPS) is 14.6. The molecule has 0 spiro atoms. The van der Waals surface area contributed by atoms with Crippen LogP contribution in [0.5, 0.6) is 0 Å². The van der Waals surface area contributed by atoms with Crippen LogP contribution in [0, 0.1) is 22.7 Å². The lowest BCUT2D eigenvalue weighted by Crippen LogP contribution is -2.46. The molecule has 73 heavy (non-hydrogen) atoms. The van der Waals surface area contributed by atoms with Gasteiger partial charge in [-0.15, -0.1) is 0 Å². The summed E-state index contributed by atoms with van der Waals surface area (Å²) in [7, 11) is 0. The van der Waals surface area contributed by atoms with Crippen molar-refractivity contribution in [1.82, 2.24) is 58.9 Å².